The van der Waals surface area contributed by atoms with E-state index in [0.29, 0.717) is 0 Å². The molecule has 0 unspecified atom stereocenters. The molecule has 1 nitrogen and oxygen atoms in total. The van der Waals surface area contributed by atoms with Crippen LogP contribution in [0.15, 0.2) is 0 Å². The predicted octanol–water partition coefficient (Wildman–Crippen LogP) is 2.03. The fraction of sp³-hybridized carbons (Fsp3) is 1.00. The Balaban J connectivity index is 2.72. The summed E-state index contributed by atoms with van der Waals surface area (Å²) in [6.07, 6.45) is 2.57. The Morgan fingerprint density at radius 2 is 2.12 bits per heavy atom. The van der Waals surface area contributed by atoms with E-state index in [0.717, 1.165) is 11.7 Å². The molecule has 0 aromatic carbocycles. The molecule has 0 atom stereocenters. The lowest BCUT2D eigenvalue weighted by Crippen LogP contribution is -1.90. The molecule has 2 heteroatoms. The van der Waals surface area contributed by atoms with Crippen LogP contribution >= 0.6 is 11.9 Å². The van der Waals surface area contributed by atoms with Crippen LogP contribution in [-0.4, -0.2) is 5.75 Å². The van der Waals surface area contributed by atoms with E-state index in [-0.39, 0.29) is 0 Å². The molecular weight excluding hydrogens is 118 g/mol. The third-order valence-electron chi connectivity index (χ3n) is 1.04. The smallest absolute Gasteiger partial charge is 0.00765 e. The highest BCUT2D eigenvalue weighted by Crippen LogP contribution is 2.05. The molecule has 50 valence electrons. The van der Waals surface area contributed by atoms with Gasteiger partial charge in [0.15, 0.2) is 0 Å². The SMILES string of the molecule is CC(C)CCCSN. The largest absolute Gasteiger partial charge is 0.278 e. The molecule has 0 spiro atoms. The van der Waals surface area contributed by atoms with Crippen molar-refractivity contribution in [2.24, 2.45) is 11.1 Å². The Kier molecular flexibility index (Phi) is 5.66. The first-order chi connectivity index (χ1) is 3.77. The molecule has 0 fully saturated rings. The van der Waals surface area contributed by atoms with Crippen LogP contribution in [0.1, 0.15) is 26.7 Å². The maximum Gasteiger partial charge on any atom is 0.00765 e. The van der Waals surface area contributed by atoms with Crippen LogP contribution in [0.5, 0.6) is 0 Å². The fourth-order valence-electron chi connectivity index (χ4n) is 0.575. The van der Waals surface area contributed by atoms with E-state index < -0.39 is 0 Å². The second-order valence-electron chi connectivity index (χ2n) is 2.41. The Labute approximate surface area is 56.2 Å². The van der Waals surface area contributed by atoms with Crippen LogP contribution in [0.25, 0.3) is 0 Å². The van der Waals surface area contributed by atoms with Crippen molar-refractivity contribution in [2.45, 2.75) is 26.7 Å². The van der Waals surface area contributed by atoms with E-state index in [9.17, 15) is 0 Å². The van der Waals surface area contributed by atoms with Crippen molar-refractivity contribution in [2.75, 3.05) is 5.75 Å². The summed E-state index contributed by atoms with van der Waals surface area (Å²) in [5.74, 6) is 1.94. The number of rotatable bonds is 4. The predicted molar refractivity (Wildman–Crippen MR) is 40.7 cm³/mol. The quantitative estimate of drug-likeness (QED) is 0.469. The Morgan fingerprint density at radius 3 is 2.50 bits per heavy atom. The Morgan fingerprint density at radius 1 is 1.50 bits per heavy atom. The van der Waals surface area contributed by atoms with E-state index in [1.54, 1.807) is 0 Å². The lowest BCUT2D eigenvalue weighted by Gasteiger charge is -2.00. The van der Waals surface area contributed by atoms with Crippen molar-refractivity contribution in [3.63, 3.8) is 0 Å². The first-order valence-corrected chi connectivity index (χ1v) is 4.14. The summed E-state index contributed by atoms with van der Waals surface area (Å²) in [4.78, 5) is 0. The second kappa shape index (κ2) is 5.45. The Bertz CT molecular complexity index is 45.8. The highest BCUT2D eigenvalue weighted by molar-refractivity contribution is 7.97. The van der Waals surface area contributed by atoms with Gasteiger partial charge in [-0.15, -0.1) is 0 Å². The van der Waals surface area contributed by atoms with Gasteiger partial charge in [0.1, 0.15) is 0 Å². The standard InChI is InChI=1S/C6H15NS/c1-6(2)4-3-5-8-7/h6H,3-5,7H2,1-2H3. The summed E-state index contributed by atoms with van der Waals surface area (Å²) in [5, 5.41) is 5.23. The first-order valence-electron chi connectivity index (χ1n) is 3.09. The first kappa shape index (κ1) is 8.31. The van der Waals surface area contributed by atoms with Gasteiger partial charge in [-0.3, -0.25) is 5.14 Å². The summed E-state index contributed by atoms with van der Waals surface area (Å²) < 4.78 is 0. The topological polar surface area (TPSA) is 26.0 Å². The zero-order valence-electron chi connectivity index (χ0n) is 5.68. The van der Waals surface area contributed by atoms with Gasteiger partial charge < -0.3 is 0 Å². The molecule has 0 aliphatic carbocycles. The zero-order valence-corrected chi connectivity index (χ0v) is 6.50. The van der Waals surface area contributed by atoms with Gasteiger partial charge in [0, 0.05) is 5.75 Å². The normalized spacial score (nSPS) is 10.5. The van der Waals surface area contributed by atoms with Crippen molar-refractivity contribution < 1.29 is 0 Å². The summed E-state index contributed by atoms with van der Waals surface area (Å²) in [5.41, 5.74) is 0. The van der Waals surface area contributed by atoms with Gasteiger partial charge in [0.2, 0.25) is 0 Å². The summed E-state index contributed by atoms with van der Waals surface area (Å²) >= 11 is 1.44. The second-order valence-corrected chi connectivity index (χ2v) is 3.15. The molecule has 0 bridgehead atoms. The molecule has 0 rings (SSSR count). The molecule has 0 aromatic heterocycles. The van der Waals surface area contributed by atoms with E-state index in [1.165, 1.54) is 24.8 Å². The maximum absolute atomic E-state index is 5.23. The summed E-state index contributed by atoms with van der Waals surface area (Å²) in [6, 6.07) is 0. The van der Waals surface area contributed by atoms with Gasteiger partial charge in [0.05, 0.1) is 0 Å². The van der Waals surface area contributed by atoms with Crippen molar-refractivity contribution in [3.05, 3.63) is 0 Å². The van der Waals surface area contributed by atoms with Gasteiger partial charge in [-0.05, 0) is 12.3 Å². The van der Waals surface area contributed by atoms with Gasteiger partial charge >= 0.3 is 0 Å². The maximum atomic E-state index is 5.23. The van der Waals surface area contributed by atoms with Crippen LogP contribution in [0.4, 0.5) is 0 Å². The van der Waals surface area contributed by atoms with Crippen LogP contribution in [0.2, 0.25) is 0 Å². The molecule has 0 aliphatic heterocycles. The molecule has 2 N–H and O–H groups in total. The van der Waals surface area contributed by atoms with Gasteiger partial charge in [-0.2, -0.15) is 0 Å². The third kappa shape index (κ3) is 6.31. The molecular formula is C6H15NS. The minimum Gasteiger partial charge on any atom is -0.278 e. The van der Waals surface area contributed by atoms with Crippen molar-refractivity contribution in [1.29, 1.82) is 0 Å². The third-order valence-corrected chi connectivity index (χ3v) is 1.57. The average molecular weight is 133 g/mol. The van der Waals surface area contributed by atoms with E-state index >= 15 is 0 Å². The van der Waals surface area contributed by atoms with Crippen molar-refractivity contribution >= 4 is 11.9 Å². The number of nitrogens with two attached hydrogens (primary N) is 1. The highest BCUT2D eigenvalue weighted by atomic mass is 32.2. The fourth-order valence-corrected chi connectivity index (χ4v) is 0.908. The van der Waals surface area contributed by atoms with E-state index in [4.69, 9.17) is 5.14 Å². The lowest BCUT2D eigenvalue weighted by molar-refractivity contribution is 0.579. The monoisotopic (exact) mass is 133 g/mol. The van der Waals surface area contributed by atoms with Crippen LogP contribution in [0.3, 0.4) is 0 Å². The minimum absolute atomic E-state index is 0.835. The molecule has 8 heavy (non-hydrogen) atoms. The molecule has 0 saturated carbocycles. The summed E-state index contributed by atoms with van der Waals surface area (Å²) in [6.45, 7) is 4.47. The molecule has 0 heterocycles. The molecule has 0 aliphatic rings. The van der Waals surface area contributed by atoms with E-state index in [1.807, 2.05) is 0 Å². The van der Waals surface area contributed by atoms with Gasteiger partial charge in [-0.25, -0.2) is 0 Å². The molecule has 0 radical (unpaired) electrons. The van der Waals surface area contributed by atoms with Crippen LogP contribution in [-0.2, 0) is 0 Å². The minimum atomic E-state index is 0.835. The van der Waals surface area contributed by atoms with Crippen molar-refractivity contribution in [3.8, 4) is 0 Å². The zero-order chi connectivity index (χ0) is 6.41. The van der Waals surface area contributed by atoms with Gasteiger partial charge in [-0.1, -0.05) is 32.2 Å². The van der Waals surface area contributed by atoms with Crippen LogP contribution < -0.4 is 5.14 Å². The van der Waals surface area contributed by atoms with E-state index in [2.05, 4.69) is 13.8 Å². The molecule has 0 aromatic rings. The molecule has 0 amide bonds. The Hall–Kier alpha value is 0.310. The average Bonchev–Trinajstić information content (AvgIpc) is 1.66. The molecule has 0 saturated heterocycles. The number of hydrogen-bond donors (Lipinski definition) is 1. The van der Waals surface area contributed by atoms with Crippen molar-refractivity contribution in [1.82, 2.24) is 0 Å². The number of hydrogen-bond acceptors (Lipinski definition) is 2. The lowest BCUT2D eigenvalue weighted by atomic mass is 10.1. The highest BCUT2D eigenvalue weighted by Gasteiger charge is 1.91. The van der Waals surface area contributed by atoms with Gasteiger partial charge in [0.25, 0.3) is 0 Å². The summed E-state index contributed by atoms with van der Waals surface area (Å²) in [7, 11) is 0. The van der Waals surface area contributed by atoms with Crippen LogP contribution in [0, 0.1) is 5.92 Å².